The molecule has 2 rings (SSSR count). The maximum Gasteiger partial charge on any atom is 0.238 e. The lowest BCUT2D eigenvalue weighted by Crippen LogP contribution is -2.32. The third kappa shape index (κ3) is 3.78. The number of anilines is 1. The van der Waals surface area contributed by atoms with Gasteiger partial charge in [-0.2, -0.15) is 5.26 Å². The number of benzene rings is 1. The number of amides is 1. The van der Waals surface area contributed by atoms with Gasteiger partial charge < -0.3 is 15.5 Å². The van der Waals surface area contributed by atoms with Gasteiger partial charge in [0.2, 0.25) is 5.91 Å². The molecule has 6 heteroatoms. The number of nitrogens with one attached hydrogen (secondary N) is 1. The van der Waals surface area contributed by atoms with Crippen molar-refractivity contribution in [3.63, 3.8) is 0 Å². The maximum atomic E-state index is 11.8. The number of nitrogens with zero attached hydrogens (tertiary/aromatic N) is 2. The van der Waals surface area contributed by atoms with E-state index in [1.807, 2.05) is 0 Å². The minimum Gasteiger partial charge on any atom is -0.389 e. The van der Waals surface area contributed by atoms with Gasteiger partial charge in [0.25, 0.3) is 0 Å². The summed E-state index contributed by atoms with van der Waals surface area (Å²) in [6.45, 7) is 0.736. The van der Waals surface area contributed by atoms with Crippen molar-refractivity contribution in [2.45, 2.75) is 18.6 Å². The molecule has 2 unspecified atom stereocenters. The van der Waals surface area contributed by atoms with Gasteiger partial charge in [0.15, 0.2) is 0 Å². The first-order chi connectivity index (χ1) is 9.58. The highest BCUT2D eigenvalue weighted by Crippen LogP contribution is 2.12. The normalized spacial score (nSPS) is 22.4. The van der Waals surface area contributed by atoms with Gasteiger partial charge in [-0.25, -0.2) is 0 Å². The number of carbonyl (C=O) groups is 1. The van der Waals surface area contributed by atoms with Crippen molar-refractivity contribution in [2.75, 3.05) is 25.0 Å². The van der Waals surface area contributed by atoms with Gasteiger partial charge in [0.1, 0.15) is 0 Å². The highest BCUT2D eigenvalue weighted by atomic mass is 16.3. The molecule has 1 aliphatic rings. The van der Waals surface area contributed by atoms with E-state index in [-0.39, 0.29) is 12.5 Å². The minimum absolute atomic E-state index is 0.133. The van der Waals surface area contributed by atoms with Crippen LogP contribution >= 0.6 is 0 Å². The van der Waals surface area contributed by atoms with Crippen LogP contribution in [-0.4, -0.2) is 52.9 Å². The molecule has 1 heterocycles. The molecule has 1 aliphatic heterocycles. The molecule has 0 aromatic heterocycles. The summed E-state index contributed by atoms with van der Waals surface area (Å²) in [5.74, 6) is -0.195. The van der Waals surface area contributed by atoms with Crippen LogP contribution in [0.15, 0.2) is 24.3 Å². The average Bonchev–Trinajstić information content (AvgIpc) is 2.71. The van der Waals surface area contributed by atoms with Crippen LogP contribution in [0.3, 0.4) is 0 Å². The van der Waals surface area contributed by atoms with E-state index < -0.39 is 12.2 Å². The van der Waals surface area contributed by atoms with Crippen LogP contribution in [0.1, 0.15) is 5.56 Å². The van der Waals surface area contributed by atoms with Crippen LogP contribution in [0.4, 0.5) is 5.69 Å². The van der Waals surface area contributed by atoms with Crippen LogP contribution in [0.25, 0.3) is 0 Å². The lowest BCUT2D eigenvalue weighted by atomic mass is 10.1. The van der Waals surface area contributed by atoms with Gasteiger partial charge in [-0.15, -0.1) is 0 Å². The number of β-amino-alcohol motifs (C(OH)–C–C–N with tert-alkyl or cyclic N) is 2. The number of aliphatic hydroxyl groups is 2. The lowest BCUT2D eigenvalue weighted by Gasteiger charge is -2.14. The summed E-state index contributed by atoms with van der Waals surface area (Å²) in [6.07, 6.45) is -1.22. The Morgan fingerprint density at radius 3 is 2.45 bits per heavy atom. The van der Waals surface area contributed by atoms with Crippen LogP contribution in [0.5, 0.6) is 0 Å². The molecule has 0 spiro atoms. The number of nitriles is 1. The fourth-order valence-corrected chi connectivity index (χ4v) is 2.18. The molecule has 6 nitrogen and oxygen atoms in total. The first-order valence-corrected chi connectivity index (χ1v) is 6.42. The molecule has 0 radical (unpaired) electrons. The molecule has 0 aliphatic carbocycles. The largest absolute Gasteiger partial charge is 0.389 e. The van der Waals surface area contributed by atoms with Crippen molar-refractivity contribution in [3.05, 3.63) is 29.8 Å². The summed E-state index contributed by atoms with van der Waals surface area (Å²) in [4.78, 5) is 13.5. The molecule has 2 atom stereocenters. The Morgan fingerprint density at radius 2 is 1.90 bits per heavy atom. The Bertz CT molecular complexity index is 499. The van der Waals surface area contributed by atoms with Crippen molar-refractivity contribution in [3.8, 4) is 6.07 Å². The second-order valence-corrected chi connectivity index (χ2v) is 4.91. The highest BCUT2D eigenvalue weighted by molar-refractivity contribution is 5.92. The number of likely N-dealkylation sites (tertiary alicyclic amines) is 1. The number of rotatable bonds is 4. The SMILES string of the molecule is N#CCc1ccc(NC(=O)CN2CC(O)C(O)C2)cc1. The van der Waals surface area contributed by atoms with E-state index in [4.69, 9.17) is 5.26 Å². The predicted molar refractivity (Wildman–Crippen MR) is 72.8 cm³/mol. The zero-order chi connectivity index (χ0) is 14.5. The number of aliphatic hydroxyl groups excluding tert-OH is 2. The molecule has 1 amide bonds. The van der Waals surface area contributed by atoms with Crippen LogP contribution in [-0.2, 0) is 11.2 Å². The van der Waals surface area contributed by atoms with E-state index in [1.165, 1.54) is 0 Å². The number of carbonyl (C=O) groups excluding carboxylic acids is 1. The van der Waals surface area contributed by atoms with E-state index >= 15 is 0 Å². The number of hydrogen-bond acceptors (Lipinski definition) is 5. The molecule has 1 fully saturated rings. The standard InChI is InChI=1S/C14H17N3O3/c15-6-5-10-1-3-11(4-2-10)16-14(20)9-17-7-12(18)13(19)8-17/h1-4,12-13,18-19H,5,7-9H2,(H,16,20). The average molecular weight is 275 g/mol. The molecular formula is C14H17N3O3. The summed E-state index contributed by atoms with van der Waals surface area (Å²) in [6, 6.07) is 9.14. The van der Waals surface area contributed by atoms with Crippen molar-refractivity contribution in [2.24, 2.45) is 0 Å². The van der Waals surface area contributed by atoms with Crippen molar-refractivity contribution in [1.82, 2.24) is 4.90 Å². The Hall–Kier alpha value is -1.94. The second kappa shape index (κ2) is 6.48. The zero-order valence-corrected chi connectivity index (χ0v) is 11.0. The Balaban J connectivity index is 1.84. The fraction of sp³-hybridized carbons (Fsp3) is 0.429. The topological polar surface area (TPSA) is 96.6 Å². The highest BCUT2D eigenvalue weighted by Gasteiger charge is 2.30. The monoisotopic (exact) mass is 275 g/mol. The molecule has 106 valence electrons. The predicted octanol–water partition coefficient (Wildman–Crippen LogP) is -0.271. The third-order valence-electron chi connectivity index (χ3n) is 3.22. The summed E-state index contributed by atoms with van der Waals surface area (Å²) in [5.41, 5.74) is 1.56. The summed E-state index contributed by atoms with van der Waals surface area (Å²) < 4.78 is 0. The van der Waals surface area contributed by atoms with Crippen LogP contribution < -0.4 is 5.32 Å². The summed E-state index contributed by atoms with van der Waals surface area (Å²) in [5, 5.41) is 30.1. The van der Waals surface area contributed by atoms with E-state index in [0.717, 1.165) is 5.56 Å². The fourth-order valence-electron chi connectivity index (χ4n) is 2.18. The van der Waals surface area contributed by atoms with E-state index in [9.17, 15) is 15.0 Å². The van der Waals surface area contributed by atoms with E-state index in [0.29, 0.717) is 25.2 Å². The lowest BCUT2D eigenvalue weighted by molar-refractivity contribution is -0.117. The molecule has 1 aromatic carbocycles. The van der Waals surface area contributed by atoms with E-state index in [1.54, 1.807) is 29.2 Å². The molecule has 3 N–H and O–H groups in total. The van der Waals surface area contributed by atoms with Gasteiger partial charge in [-0.3, -0.25) is 9.69 Å². The van der Waals surface area contributed by atoms with Crippen molar-refractivity contribution < 1.29 is 15.0 Å². The van der Waals surface area contributed by atoms with Gasteiger partial charge in [-0.05, 0) is 17.7 Å². The maximum absolute atomic E-state index is 11.8. The van der Waals surface area contributed by atoms with Crippen LogP contribution in [0, 0.1) is 11.3 Å². The quantitative estimate of drug-likeness (QED) is 0.703. The number of hydrogen-bond donors (Lipinski definition) is 3. The smallest absolute Gasteiger partial charge is 0.238 e. The first kappa shape index (κ1) is 14.5. The summed E-state index contributed by atoms with van der Waals surface area (Å²) in [7, 11) is 0. The van der Waals surface area contributed by atoms with Gasteiger partial charge >= 0.3 is 0 Å². The Labute approximate surface area is 117 Å². The molecule has 0 saturated carbocycles. The zero-order valence-electron chi connectivity index (χ0n) is 11.0. The molecular weight excluding hydrogens is 258 g/mol. The van der Waals surface area contributed by atoms with E-state index in [2.05, 4.69) is 11.4 Å². The summed E-state index contributed by atoms with van der Waals surface area (Å²) >= 11 is 0. The van der Waals surface area contributed by atoms with Crippen LogP contribution in [0.2, 0.25) is 0 Å². The first-order valence-electron chi connectivity index (χ1n) is 6.42. The molecule has 1 saturated heterocycles. The van der Waals surface area contributed by atoms with Gasteiger partial charge in [-0.1, -0.05) is 12.1 Å². The Morgan fingerprint density at radius 1 is 1.30 bits per heavy atom. The Kier molecular flexibility index (Phi) is 4.69. The third-order valence-corrected chi connectivity index (χ3v) is 3.22. The van der Waals surface area contributed by atoms with Gasteiger partial charge in [0.05, 0.1) is 31.2 Å². The second-order valence-electron chi connectivity index (χ2n) is 4.91. The van der Waals surface area contributed by atoms with Crippen molar-refractivity contribution in [1.29, 1.82) is 5.26 Å². The van der Waals surface area contributed by atoms with Gasteiger partial charge in [0, 0.05) is 18.8 Å². The molecule has 1 aromatic rings. The minimum atomic E-state index is -0.784. The van der Waals surface area contributed by atoms with Crippen molar-refractivity contribution >= 4 is 11.6 Å². The molecule has 20 heavy (non-hydrogen) atoms. The molecule has 0 bridgehead atoms.